The van der Waals surface area contributed by atoms with Crippen LogP contribution in [0.1, 0.15) is 59.6 Å². The predicted octanol–water partition coefficient (Wildman–Crippen LogP) is 3.02. The van der Waals surface area contributed by atoms with Crippen molar-refractivity contribution in [3.63, 3.8) is 0 Å². The number of halogens is 1. The number of sulfonamides is 1. The molecule has 1 fully saturated rings. The van der Waals surface area contributed by atoms with E-state index in [1.165, 1.54) is 24.3 Å². The van der Waals surface area contributed by atoms with E-state index in [2.05, 4.69) is 10.9 Å². The Morgan fingerprint density at radius 1 is 1.12 bits per heavy atom. The Balaban J connectivity index is 1.40. The minimum absolute atomic E-state index is 0.0588. The first-order chi connectivity index (χ1) is 15.1. The molecule has 32 heavy (non-hydrogen) atoms. The molecule has 1 aliphatic heterocycles. The van der Waals surface area contributed by atoms with Gasteiger partial charge >= 0.3 is 0 Å². The van der Waals surface area contributed by atoms with Crippen LogP contribution in [0.5, 0.6) is 0 Å². The number of carbonyl (C=O) groups is 1. The van der Waals surface area contributed by atoms with Gasteiger partial charge in [0.05, 0.1) is 4.90 Å². The molecule has 2 atom stereocenters. The molecule has 2 aromatic carbocycles. The minimum atomic E-state index is -3.86. The molecular weight excluding hydrogens is 431 g/mol. The first-order valence-corrected chi connectivity index (χ1v) is 12.3. The molecule has 2 aromatic rings. The number of benzene rings is 2. The fourth-order valence-corrected chi connectivity index (χ4v) is 4.50. The summed E-state index contributed by atoms with van der Waals surface area (Å²) >= 11 is 0. The lowest BCUT2D eigenvalue weighted by atomic mass is 9.99. The quantitative estimate of drug-likeness (QED) is 0.497. The summed E-state index contributed by atoms with van der Waals surface area (Å²) in [7, 11) is -2.13. The van der Waals surface area contributed by atoms with Gasteiger partial charge < -0.3 is 4.90 Å². The Kier molecular flexibility index (Phi) is 8.00. The summed E-state index contributed by atoms with van der Waals surface area (Å²) in [6.07, 6.45) is 4.82. The van der Waals surface area contributed by atoms with Gasteiger partial charge in [0, 0.05) is 31.2 Å². The molecule has 3 rings (SSSR count). The second-order valence-corrected chi connectivity index (χ2v) is 9.98. The molecular formula is C23H31FN4O3S. The third-order valence-electron chi connectivity index (χ3n) is 5.92. The van der Waals surface area contributed by atoms with E-state index in [4.69, 9.17) is 5.14 Å². The highest BCUT2D eigenvalue weighted by atomic mass is 32.2. The van der Waals surface area contributed by atoms with Gasteiger partial charge in [-0.3, -0.25) is 15.6 Å². The molecule has 0 saturated carbocycles. The number of nitrogens with zero attached hydrogens (tertiary/aromatic N) is 1. The van der Waals surface area contributed by atoms with Crippen molar-refractivity contribution in [2.24, 2.45) is 5.14 Å². The fourth-order valence-electron chi connectivity index (χ4n) is 3.96. The van der Waals surface area contributed by atoms with E-state index in [0.29, 0.717) is 23.7 Å². The van der Waals surface area contributed by atoms with Gasteiger partial charge in [-0.25, -0.2) is 17.9 Å². The molecule has 0 radical (unpaired) electrons. The third-order valence-corrected chi connectivity index (χ3v) is 6.83. The minimum Gasteiger partial charge on any atom is -0.342 e. The number of hydrogen-bond donors (Lipinski definition) is 3. The van der Waals surface area contributed by atoms with Crippen molar-refractivity contribution in [3.05, 3.63) is 65.0 Å². The first-order valence-electron chi connectivity index (χ1n) is 10.8. The molecule has 1 aliphatic rings. The van der Waals surface area contributed by atoms with Crippen LogP contribution >= 0.6 is 0 Å². The highest BCUT2D eigenvalue weighted by molar-refractivity contribution is 7.89. The zero-order valence-corrected chi connectivity index (χ0v) is 19.3. The topological polar surface area (TPSA) is 105 Å². The number of hydrazine groups is 1. The third kappa shape index (κ3) is 6.35. The lowest BCUT2D eigenvalue weighted by molar-refractivity contribution is 0.0791. The van der Waals surface area contributed by atoms with Crippen LogP contribution in [0.15, 0.2) is 47.4 Å². The van der Waals surface area contributed by atoms with Crippen molar-refractivity contribution < 1.29 is 17.6 Å². The van der Waals surface area contributed by atoms with Crippen LogP contribution in [0.25, 0.3) is 0 Å². The number of aryl methyl sites for hydroxylation is 1. The number of carbonyl (C=O) groups excluding carboxylic acids is 1. The van der Waals surface area contributed by atoms with Crippen LogP contribution in [0.2, 0.25) is 0 Å². The van der Waals surface area contributed by atoms with Gasteiger partial charge in [-0.05, 0) is 61.6 Å². The summed E-state index contributed by atoms with van der Waals surface area (Å²) in [4.78, 5) is 14.3. The zero-order chi connectivity index (χ0) is 23.3. The molecule has 0 bridgehead atoms. The first kappa shape index (κ1) is 24.3. The second kappa shape index (κ2) is 10.5. The number of unbranched alkanes of at least 4 members (excludes halogenated alkanes) is 2. The number of nitrogens with two attached hydrogens (primary N) is 1. The zero-order valence-electron chi connectivity index (χ0n) is 18.5. The van der Waals surface area contributed by atoms with Gasteiger partial charge in [-0.2, -0.15) is 0 Å². The largest absolute Gasteiger partial charge is 0.342 e. The standard InChI is InChI=1S/C23H31FN4O3S/c1-16-7-12-20(32(25,30)31)15-21(16)23(29)28(2)13-5-3-4-6-19-14-22(27-26-19)17-8-10-18(24)11-9-17/h7-12,15,19,22,26-27H,3-6,13-14H2,1-2H3,(H2,25,30,31). The van der Waals surface area contributed by atoms with E-state index in [0.717, 1.165) is 37.7 Å². The van der Waals surface area contributed by atoms with Crippen LogP contribution in [-0.4, -0.2) is 38.9 Å². The van der Waals surface area contributed by atoms with Crippen molar-refractivity contribution >= 4 is 15.9 Å². The van der Waals surface area contributed by atoms with Gasteiger partial charge in [0.1, 0.15) is 5.82 Å². The molecule has 0 spiro atoms. The maximum atomic E-state index is 13.1. The van der Waals surface area contributed by atoms with Gasteiger partial charge in [0.15, 0.2) is 0 Å². The number of hydrogen-bond acceptors (Lipinski definition) is 5. The summed E-state index contributed by atoms with van der Waals surface area (Å²) < 4.78 is 36.3. The predicted molar refractivity (Wildman–Crippen MR) is 122 cm³/mol. The highest BCUT2D eigenvalue weighted by Gasteiger charge is 2.24. The van der Waals surface area contributed by atoms with E-state index in [1.54, 1.807) is 24.9 Å². The van der Waals surface area contributed by atoms with Crippen LogP contribution in [-0.2, 0) is 10.0 Å². The van der Waals surface area contributed by atoms with Crippen molar-refractivity contribution in [2.45, 2.75) is 56.0 Å². The van der Waals surface area contributed by atoms with Gasteiger partial charge in [-0.1, -0.05) is 31.0 Å². The molecule has 7 nitrogen and oxygen atoms in total. The molecule has 4 N–H and O–H groups in total. The highest BCUT2D eigenvalue weighted by Crippen LogP contribution is 2.25. The summed E-state index contributed by atoms with van der Waals surface area (Å²) in [5.74, 6) is -0.441. The maximum absolute atomic E-state index is 13.1. The van der Waals surface area contributed by atoms with Crippen LogP contribution in [0.3, 0.4) is 0 Å². The summed E-state index contributed by atoms with van der Waals surface area (Å²) in [5, 5.41) is 5.19. The summed E-state index contributed by atoms with van der Waals surface area (Å²) in [6, 6.07) is 11.5. The lowest BCUT2D eigenvalue weighted by Gasteiger charge is -2.19. The molecule has 174 valence electrons. The lowest BCUT2D eigenvalue weighted by Crippen LogP contribution is -2.31. The molecule has 1 heterocycles. The number of amides is 1. The van der Waals surface area contributed by atoms with Crippen molar-refractivity contribution in [1.82, 2.24) is 15.8 Å². The van der Waals surface area contributed by atoms with Crippen LogP contribution < -0.4 is 16.0 Å². The van der Waals surface area contributed by atoms with E-state index in [9.17, 15) is 17.6 Å². The van der Waals surface area contributed by atoms with Crippen molar-refractivity contribution in [1.29, 1.82) is 0 Å². The SMILES string of the molecule is Cc1ccc(S(N)(=O)=O)cc1C(=O)N(C)CCCCCC1CC(c2ccc(F)cc2)NN1. The second-order valence-electron chi connectivity index (χ2n) is 8.42. The fraction of sp³-hybridized carbons (Fsp3) is 0.435. The Morgan fingerprint density at radius 3 is 2.53 bits per heavy atom. The van der Waals surface area contributed by atoms with Crippen LogP contribution in [0.4, 0.5) is 4.39 Å². The summed E-state index contributed by atoms with van der Waals surface area (Å²) in [6.45, 7) is 2.36. The van der Waals surface area contributed by atoms with E-state index in [1.807, 2.05) is 12.1 Å². The Bertz CT molecular complexity index is 1040. The Hall–Kier alpha value is -2.33. The molecule has 0 aromatic heterocycles. The van der Waals surface area contributed by atoms with Crippen molar-refractivity contribution in [2.75, 3.05) is 13.6 Å². The van der Waals surface area contributed by atoms with E-state index >= 15 is 0 Å². The molecule has 0 aliphatic carbocycles. The number of primary sulfonamides is 1. The molecule has 1 saturated heterocycles. The van der Waals surface area contributed by atoms with Crippen LogP contribution in [0, 0.1) is 12.7 Å². The molecule has 9 heteroatoms. The van der Waals surface area contributed by atoms with Gasteiger partial charge in [-0.15, -0.1) is 0 Å². The molecule has 1 amide bonds. The monoisotopic (exact) mass is 462 g/mol. The molecule has 2 unspecified atom stereocenters. The Labute approximate surface area is 189 Å². The maximum Gasteiger partial charge on any atom is 0.253 e. The summed E-state index contributed by atoms with van der Waals surface area (Å²) in [5.41, 5.74) is 8.73. The van der Waals surface area contributed by atoms with Crippen molar-refractivity contribution in [3.8, 4) is 0 Å². The normalized spacial score (nSPS) is 18.6. The van der Waals surface area contributed by atoms with Gasteiger partial charge in [0.2, 0.25) is 10.0 Å². The van der Waals surface area contributed by atoms with E-state index in [-0.39, 0.29) is 22.7 Å². The smallest absolute Gasteiger partial charge is 0.253 e. The average molecular weight is 463 g/mol. The Morgan fingerprint density at radius 2 is 1.84 bits per heavy atom. The average Bonchev–Trinajstić information content (AvgIpc) is 3.21. The van der Waals surface area contributed by atoms with Gasteiger partial charge in [0.25, 0.3) is 5.91 Å². The van der Waals surface area contributed by atoms with E-state index < -0.39 is 10.0 Å². The number of rotatable bonds is 9. The number of nitrogens with one attached hydrogen (secondary N) is 2.